The summed E-state index contributed by atoms with van der Waals surface area (Å²) in [4.78, 5) is 0. The Hall–Kier alpha value is -1.73. The molecule has 0 amide bonds. The van der Waals surface area contributed by atoms with Crippen molar-refractivity contribution in [3.63, 3.8) is 0 Å². The minimum Gasteiger partial charge on any atom is -0.374 e. The molecule has 0 aliphatic heterocycles. The average molecular weight is 524 g/mol. The van der Waals surface area contributed by atoms with Crippen molar-refractivity contribution in [1.29, 1.82) is 0 Å². The van der Waals surface area contributed by atoms with Crippen LogP contribution in [0.3, 0.4) is 0 Å². The van der Waals surface area contributed by atoms with E-state index < -0.39 is 47.8 Å². The molecule has 0 heterocycles. The van der Waals surface area contributed by atoms with Crippen LogP contribution in [0.5, 0.6) is 0 Å². The third-order valence-corrected chi connectivity index (χ3v) is 5.69. The first-order valence-corrected chi connectivity index (χ1v) is 9.58. The highest BCUT2D eigenvalue weighted by Gasteiger charge is 2.90. The normalized spacial score (nSPS) is 17.4. The second kappa shape index (κ2) is 9.05. The van der Waals surface area contributed by atoms with Gasteiger partial charge in [-0.05, 0) is 30.4 Å². The summed E-state index contributed by atoms with van der Waals surface area (Å²) in [6.07, 6.45) is -9.37. The fraction of sp³-hybridized carbons (Fsp3) is 0.700. The zero-order valence-electron chi connectivity index (χ0n) is 18.1. The van der Waals surface area contributed by atoms with Crippen LogP contribution in [0.4, 0.5) is 57.1 Å². The van der Waals surface area contributed by atoms with Gasteiger partial charge in [0.1, 0.15) is 0 Å². The van der Waals surface area contributed by atoms with Crippen molar-refractivity contribution in [2.24, 2.45) is 0 Å². The summed E-state index contributed by atoms with van der Waals surface area (Å²) in [6, 6.07) is 5.09. The molecular formula is C20H21F13O. The van der Waals surface area contributed by atoms with Crippen LogP contribution in [0.15, 0.2) is 24.3 Å². The topological polar surface area (TPSA) is 9.23 Å². The first-order chi connectivity index (χ1) is 15.0. The molecule has 2 atom stereocenters. The Labute approximate surface area is 186 Å². The van der Waals surface area contributed by atoms with E-state index in [2.05, 4.69) is 0 Å². The number of methoxy groups -OCH3 is 1. The van der Waals surface area contributed by atoms with Crippen molar-refractivity contribution in [3.8, 4) is 0 Å². The predicted molar refractivity (Wildman–Crippen MR) is 94.9 cm³/mol. The quantitative estimate of drug-likeness (QED) is 0.281. The Morgan fingerprint density at radius 2 is 1.24 bits per heavy atom. The molecule has 0 spiro atoms. The monoisotopic (exact) mass is 524 g/mol. The molecule has 14 heteroatoms. The summed E-state index contributed by atoms with van der Waals surface area (Å²) in [5.41, 5.74) is -2.35. The van der Waals surface area contributed by atoms with E-state index in [9.17, 15) is 57.1 Å². The van der Waals surface area contributed by atoms with Crippen molar-refractivity contribution < 1.29 is 61.8 Å². The van der Waals surface area contributed by atoms with E-state index in [0.29, 0.717) is 26.0 Å². The number of halogens is 13. The van der Waals surface area contributed by atoms with Gasteiger partial charge in [0.2, 0.25) is 0 Å². The van der Waals surface area contributed by atoms with Gasteiger partial charge < -0.3 is 4.74 Å². The number of hydrogen-bond donors (Lipinski definition) is 0. The van der Waals surface area contributed by atoms with Gasteiger partial charge in [-0.2, -0.15) is 57.1 Å². The number of hydrogen-bond acceptors (Lipinski definition) is 1. The van der Waals surface area contributed by atoms with Gasteiger partial charge in [-0.15, -0.1) is 0 Å². The molecule has 2 unspecified atom stereocenters. The maximum absolute atomic E-state index is 14.4. The smallest absolute Gasteiger partial charge is 0.374 e. The van der Waals surface area contributed by atoms with Crippen LogP contribution in [-0.4, -0.2) is 42.9 Å². The van der Waals surface area contributed by atoms with E-state index in [1.165, 1.54) is 18.2 Å². The minimum atomic E-state index is -7.93. The lowest BCUT2D eigenvalue weighted by molar-refractivity contribution is -0.441. The Kier molecular flexibility index (Phi) is 8.06. The maximum Gasteiger partial charge on any atom is 0.460 e. The van der Waals surface area contributed by atoms with Crippen LogP contribution in [0, 0.1) is 0 Å². The lowest BCUT2D eigenvalue weighted by Gasteiger charge is -2.42. The molecule has 0 aromatic heterocycles. The Morgan fingerprint density at radius 3 is 1.65 bits per heavy atom. The van der Waals surface area contributed by atoms with Crippen LogP contribution >= 0.6 is 0 Å². The molecule has 0 bridgehead atoms. The highest BCUT2D eigenvalue weighted by Crippen LogP contribution is 2.61. The number of alkyl halides is 13. The zero-order valence-corrected chi connectivity index (χ0v) is 18.1. The van der Waals surface area contributed by atoms with Crippen LogP contribution in [-0.2, 0) is 10.3 Å². The molecule has 0 fully saturated rings. The fourth-order valence-corrected chi connectivity index (χ4v) is 3.04. The summed E-state index contributed by atoms with van der Waals surface area (Å²) in [5, 5.41) is 0. The van der Waals surface area contributed by atoms with Crippen molar-refractivity contribution in [1.82, 2.24) is 0 Å². The van der Waals surface area contributed by atoms with Gasteiger partial charge in [-0.25, -0.2) is 0 Å². The van der Waals surface area contributed by atoms with E-state index in [0.717, 1.165) is 6.07 Å². The maximum atomic E-state index is 14.4. The predicted octanol–water partition coefficient (Wildman–Crippen LogP) is 8.19. The molecule has 0 aliphatic rings. The molecule has 1 rings (SSSR count). The third-order valence-electron chi connectivity index (χ3n) is 5.69. The van der Waals surface area contributed by atoms with Gasteiger partial charge in [0.25, 0.3) is 0 Å². The highest BCUT2D eigenvalue weighted by molar-refractivity contribution is 5.31. The summed E-state index contributed by atoms with van der Waals surface area (Å²) in [6.45, 7) is 4.17. The lowest BCUT2D eigenvalue weighted by atomic mass is 9.83. The van der Waals surface area contributed by atoms with Gasteiger partial charge in [0.15, 0.2) is 0 Å². The number of benzene rings is 1. The molecule has 0 saturated carbocycles. The van der Waals surface area contributed by atoms with Crippen molar-refractivity contribution in [2.45, 2.75) is 80.9 Å². The second-order valence-corrected chi connectivity index (χ2v) is 8.05. The number of ether oxygens (including phenoxy) is 1. The summed E-state index contributed by atoms with van der Waals surface area (Å²) in [7, 11) is 0.703. The lowest BCUT2D eigenvalue weighted by Crippen LogP contribution is -2.70. The molecule has 1 aromatic rings. The van der Waals surface area contributed by atoms with E-state index in [1.54, 1.807) is 13.8 Å². The molecule has 0 N–H and O–H groups in total. The van der Waals surface area contributed by atoms with E-state index in [4.69, 9.17) is 4.74 Å². The molecule has 0 radical (unpaired) electrons. The SMILES string of the molecule is CCC(C)c1cccc(C(C)(CC(F)(F)C(F)(F)C(F)(F)C(F)(F)C(F)(F)C(F)(F)F)OC)c1. The van der Waals surface area contributed by atoms with Gasteiger partial charge in [0.05, 0.1) is 12.0 Å². The van der Waals surface area contributed by atoms with E-state index in [1.807, 2.05) is 0 Å². The Morgan fingerprint density at radius 1 is 0.765 bits per heavy atom. The summed E-state index contributed by atoms with van der Waals surface area (Å²) < 4.78 is 179. The van der Waals surface area contributed by atoms with E-state index in [-0.39, 0.29) is 11.5 Å². The third kappa shape index (κ3) is 4.70. The van der Waals surface area contributed by atoms with Gasteiger partial charge >= 0.3 is 35.8 Å². The van der Waals surface area contributed by atoms with Gasteiger partial charge in [-0.1, -0.05) is 38.1 Å². The zero-order chi connectivity index (χ0) is 27.2. The second-order valence-electron chi connectivity index (χ2n) is 8.05. The molecule has 0 aliphatic carbocycles. The molecule has 1 aromatic carbocycles. The number of rotatable bonds is 10. The molecule has 0 saturated heterocycles. The van der Waals surface area contributed by atoms with Crippen LogP contribution in [0.1, 0.15) is 50.7 Å². The van der Waals surface area contributed by atoms with Crippen LogP contribution in [0.25, 0.3) is 0 Å². The van der Waals surface area contributed by atoms with Crippen molar-refractivity contribution in [3.05, 3.63) is 35.4 Å². The summed E-state index contributed by atoms with van der Waals surface area (Å²) in [5.74, 6) is -37.3. The van der Waals surface area contributed by atoms with Crippen molar-refractivity contribution in [2.75, 3.05) is 7.11 Å². The van der Waals surface area contributed by atoms with E-state index >= 15 is 0 Å². The minimum absolute atomic E-state index is 0.185. The molecule has 34 heavy (non-hydrogen) atoms. The van der Waals surface area contributed by atoms with Gasteiger partial charge in [0, 0.05) is 7.11 Å². The molecular weight excluding hydrogens is 503 g/mol. The molecule has 1 nitrogen and oxygen atoms in total. The first kappa shape index (κ1) is 30.3. The van der Waals surface area contributed by atoms with Gasteiger partial charge in [-0.3, -0.25) is 0 Å². The average Bonchev–Trinajstić information content (AvgIpc) is 2.71. The van der Waals surface area contributed by atoms with Crippen molar-refractivity contribution >= 4 is 0 Å². The fourth-order valence-electron chi connectivity index (χ4n) is 3.04. The Balaban J connectivity index is 3.54. The van der Waals surface area contributed by atoms with Crippen LogP contribution < -0.4 is 0 Å². The molecule has 198 valence electrons. The first-order valence-electron chi connectivity index (χ1n) is 9.58. The van der Waals surface area contributed by atoms with Crippen LogP contribution in [0.2, 0.25) is 0 Å². The summed E-state index contributed by atoms with van der Waals surface area (Å²) >= 11 is 0. The Bertz CT molecular complexity index is 847. The highest BCUT2D eigenvalue weighted by atomic mass is 19.4. The largest absolute Gasteiger partial charge is 0.460 e. The standard InChI is InChI=1S/C20H21F13O/c1-5-11(2)12-7-6-8-13(9-12)14(3,34-4)10-15(21,22)16(23,24)17(25,26)18(27,28)19(29,30)20(31,32)33/h6-9,11H,5,10H2,1-4H3.